The van der Waals surface area contributed by atoms with Gasteiger partial charge in [-0.1, -0.05) is 59.0 Å². The van der Waals surface area contributed by atoms with Crippen LogP contribution in [0.5, 0.6) is 11.5 Å². The fraction of sp³-hybridized carbons (Fsp3) is 0.276. The molecular weight excluding hydrogens is 504 g/mol. The fourth-order valence-corrected chi connectivity index (χ4v) is 4.87. The van der Waals surface area contributed by atoms with Crippen LogP contribution < -0.4 is 14.3 Å². The van der Waals surface area contributed by atoms with E-state index in [1.54, 1.807) is 28.8 Å². The van der Waals surface area contributed by atoms with Crippen LogP contribution in [-0.2, 0) is 16.2 Å². The average molecular weight is 535 g/mol. The van der Waals surface area contributed by atoms with Gasteiger partial charge >= 0.3 is 10.8 Å². The van der Waals surface area contributed by atoms with Gasteiger partial charge in [0.25, 0.3) is 0 Å². The molecule has 198 valence electrons. The Morgan fingerprint density at radius 1 is 0.974 bits per heavy atom. The number of ether oxygens (including phenoxy) is 2. The molecule has 0 saturated heterocycles. The highest BCUT2D eigenvalue weighted by molar-refractivity contribution is 7.16. The molecule has 0 radical (unpaired) electrons. The van der Waals surface area contributed by atoms with Crippen LogP contribution in [0.4, 0.5) is 0 Å². The smallest absolute Gasteiger partial charge is 0.347 e. The van der Waals surface area contributed by atoms with Crippen molar-refractivity contribution in [2.45, 2.75) is 38.8 Å². The Bertz CT molecular complexity index is 1490. The van der Waals surface area contributed by atoms with Gasteiger partial charge in [-0.3, -0.25) is 9.36 Å². The van der Waals surface area contributed by atoms with Crippen molar-refractivity contribution in [3.05, 3.63) is 93.6 Å². The molecule has 0 amide bonds. The Morgan fingerprint density at radius 2 is 1.74 bits per heavy atom. The summed E-state index contributed by atoms with van der Waals surface area (Å²) >= 11 is 1.22. The molecule has 8 nitrogen and oxygen atoms in total. The van der Waals surface area contributed by atoms with Gasteiger partial charge in [-0.25, -0.2) is 4.79 Å². The van der Waals surface area contributed by atoms with Crippen LogP contribution in [0.2, 0.25) is 0 Å². The van der Waals surface area contributed by atoms with Crippen LogP contribution in [0.3, 0.4) is 0 Å². The van der Waals surface area contributed by atoms with Crippen LogP contribution in [-0.4, -0.2) is 40.7 Å². The molecule has 0 unspecified atom stereocenters. The van der Waals surface area contributed by atoms with E-state index in [9.17, 15) is 14.7 Å². The number of oxime groups is 1. The zero-order chi connectivity index (χ0) is 27.1. The summed E-state index contributed by atoms with van der Waals surface area (Å²) in [4.78, 5) is 29.1. The van der Waals surface area contributed by atoms with Gasteiger partial charge in [0, 0.05) is 23.7 Å². The second-order valence-corrected chi connectivity index (χ2v) is 10.1. The quantitative estimate of drug-likeness (QED) is 0.145. The Labute approximate surface area is 224 Å². The first-order chi connectivity index (χ1) is 18.3. The van der Waals surface area contributed by atoms with Crippen LogP contribution in [0.15, 0.2) is 82.7 Å². The number of carbonyl (C=O) groups is 1. The summed E-state index contributed by atoms with van der Waals surface area (Å²) in [6.45, 7) is 4.03. The van der Waals surface area contributed by atoms with E-state index in [-0.39, 0.29) is 4.87 Å². The number of aliphatic carboxylic acids is 1. The van der Waals surface area contributed by atoms with Crippen LogP contribution in [0, 0.1) is 0 Å². The monoisotopic (exact) mass is 534 g/mol. The SMILES string of the molecule is CON=C(c1ccccc1)c1ccc2c(c1)sc(=O)n2CCCCOc1cccc(OC(C)(C)C(=O)O)c1. The molecule has 0 spiro atoms. The Morgan fingerprint density at radius 3 is 2.47 bits per heavy atom. The first kappa shape index (κ1) is 26.9. The van der Waals surface area contributed by atoms with Crippen molar-refractivity contribution in [3.8, 4) is 11.5 Å². The number of fused-ring (bicyclic) bond motifs is 1. The summed E-state index contributed by atoms with van der Waals surface area (Å²) in [5.74, 6) is -0.0196. The summed E-state index contributed by atoms with van der Waals surface area (Å²) in [5, 5.41) is 13.5. The van der Waals surface area contributed by atoms with E-state index >= 15 is 0 Å². The number of aryl methyl sites for hydroxylation is 1. The molecule has 0 fully saturated rings. The van der Waals surface area contributed by atoms with E-state index in [1.165, 1.54) is 32.3 Å². The van der Waals surface area contributed by atoms with Crippen molar-refractivity contribution >= 4 is 33.2 Å². The number of thiazole rings is 1. The zero-order valence-corrected chi connectivity index (χ0v) is 22.4. The molecule has 1 aromatic heterocycles. The number of carboxylic acid groups (broad SMARTS) is 1. The van der Waals surface area contributed by atoms with Crippen molar-refractivity contribution in [3.63, 3.8) is 0 Å². The lowest BCUT2D eigenvalue weighted by atomic mass is 10.0. The van der Waals surface area contributed by atoms with Gasteiger partial charge in [-0.05, 0) is 51.0 Å². The number of rotatable bonds is 12. The molecule has 9 heteroatoms. The number of aromatic nitrogens is 1. The van der Waals surface area contributed by atoms with E-state index < -0.39 is 11.6 Å². The van der Waals surface area contributed by atoms with E-state index in [1.807, 2.05) is 48.5 Å². The zero-order valence-electron chi connectivity index (χ0n) is 21.5. The summed E-state index contributed by atoms with van der Waals surface area (Å²) in [5.41, 5.74) is 2.07. The maximum absolute atomic E-state index is 12.7. The minimum atomic E-state index is -1.34. The second kappa shape index (κ2) is 12.0. The van der Waals surface area contributed by atoms with Gasteiger partial charge in [-0.2, -0.15) is 0 Å². The molecule has 0 aliphatic rings. The predicted molar refractivity (Wildman–Crippen MR) is 149 cm³/mol. The number of hydrogen-bond donors (Lipinski definition) is 1. The van der Waals surface area contributed by atoms with Gasteiger partial charge in [0.1, 0.15) is 24.3 Å². The van der Waals surface area contributed by atoms with Crippen molar-refractivity contribution in [1.82, 2.24) is 4.57 Å². The average Bonchev–Trinajstić information content (AvgIpc) is 3.21. The van der Waals surface area contributed by atoms with Gasteiger partial charge in [0.2, 0.25) is 0 Å². The lowest BCUT2D eigenvalue weighted by Crippen LogP contribution is -2.37. The summed E-state index contributed by atoms with van der Waals surface area (Å²) in [7, 11) is 1.52. The molecule has 0 saturated carbocycles. The molecular formula is C29H30N2O6S. The highest BCUT2D eigenvalue weighted by Crippen LogP contribution is 2.25. The van der Waals surface area contributed by atoms with Crippen molar-refractivity contribution in [2.24, 2.45) is 5.16 Å². The highest BCUT2D eigenvalue weighted by atomic mass is 32.1. The molecule has 3 aromatic carbocycles. The standard InChI is InChI=1S/C29H30N2O6S/c1-29(2,27(32)33)37-23-13-9-12-22(19-23)36-17-8-7-16-31-24-15-14-21(18-25(24)38-28(31)34)26(30-35-3)20-10-5-4-6-11-20/h4-6,9-15,18-19H,7-8,16-17H2,1-3H3,(H,32,33). The topological polar surface area (TPSA) is 99.4 Å². The molecule has 1 N–H and O–H groups in total. The molecule has 4 rings (SSSR count). The van der Waals surface area contributed by atoms with Crippen molar-refractivity contribution in [1.29, 1.82) is 0 Å². The minimum absolute atomic E-state index is 0.00564. The van der Waals surface area contributed by atoms with Gasteiger partial charge < -0.3 is 19.4 Å². The third-order valence-electron chi connectivity index (χ3n) is 5.91. The van der Waals surface area contributed by atoms with Gasteiger partial charge in [0.15, 0.2) is 5.60 Å². The Hall–Kier alpha value is -4.11. The maximum Gasteiger partial charge on any atom is 0.347 e. The van der Waals surface area contributed by atoms with Crippen molar-refractivity contribution < 1.29 is 24.2 Å². The lowest BCUT2D eigenvalue weighted by Gasteiger charge is -2.21. The molecule has 4 aromatic rings. The van der Waals surface area contributed by atoms with Gasteiger partial charge in [-0.15, -0.1) is 0 Å². The van der Waals surface area contributed by atoms with E-state index in [0.29, 0.717) is 30.4 Å². The number of carboxylic acids is 1. The number of benzene rings is 3. The van der Waals surface area contributed by atoms with Crippen LogP contribution in [0.1, 0.15) is 37.8 Å². The highest BCUT2D eigenvalue weighted by Gasteiger charge is 2.29. The van der Waals surface area contributed by atoms with E-state index in [4.69, 9.17) is 14.3 Å². The van der Waals surface area contributed by atoms with E-state index in [2.05, 4.69) is 5.16 Å². The minimum Gasteiger partial charge on any atom is -0.493 e. The van der Waals surface area contributed by atoms with Crippen LogP contribution in [0.25, 0.3) is 10.2 Å². The summed E-state index contributed by atoms with van der Waals surface area (Å²) in [6, 6.07) is 22.6. The number of unbranched alkanes of at least 4 members (excludes halogenated alkanes) is 1. The fourth-order valence-electron chi connectivity index (χ4n) is 3.91. The first-order valence-electron chi connectivity index (χ1n) is 12.2. The molecule has 38 heavy (non-hydrogen) atoms. The molecule has 0 atom stereocenters. The second-order valence-electron chi connectivity index (χ2n) is 9.14. The molecule has 0 bridgehead atoms. The van der Waals surface area contributed by atoms with Gasteiger partial charge in [0.05, 0.1) is 16.8 Å². The molecule has 1 heterocycles. The molecule has 0 aliphatic heterocycles. The Balaban J connectivity index is 1.37. The third-order valence-corrected chi connectivity index (χ3v) is 6.85. The third kappa shape index (κ3) is 6.41. The first-order valence-corrected chi connectivity index (χ1v) is 13.1. The molecule has 0 aliphatic carbocycles. The summed E-state index contributed by atoms with van der Waals surface area (Å²) in [6.07, 6.45) is 1.50. The lowest BCUT2D eigenvalue weighted by molar-refractivity contribution is -0.152. The normalized spacial score (nSPS) is 11.9. The van der Waals surface area contributed by atoms with E-state index in [0.717, 1.165) is 34.2 Å². The summed E-state index contributed by atoms with van der Waals surface area (Å²) < 4.78 is 14.1. The number of hydrogen-bond acceptors (Lipinski definition) is 7. The van der Waals surface area contributed by atoms with Crippen LogP contribution >= 0.6 is 11.3 Å². The van der Waals surface area contributed by atoms with Crippen molar-refractivity contribution in [2.75, 3.05) is 13.7 Å². The predicted octanol–water partition coefficient (Wildman–Crippen LogP) is 5.56. The largest absolute Gasteiger partial charge is 0.493 e. The maximum atomic E-state index is 12.7. The Kier molecular flexibility index (Phi) is 8.48. The number of nitrogens with zero attached hydrogens (tertiary/aromatic N) is 2.